The van der Waals surface area contributed by atoms with Crippen LogP contribution < -0.4 is 10.6 Å². The average molecular weight is 321 g/mol. The number of carbonyl (C=O) groups excluding carboxylic acids is 1. The maximum absolute atomic E-state index is 12.9. The van der Waals surface area contributed by atoms with Gasteiger partial charge in [-0.2, -0.15) is 0 Å². The van der Waals surface area contributed by atoms with E-state index >= 15 is 0 Å². The van der Waals surface area contributed by atoms with Gasteiger partial charge in [-0.05, 0) is 34.1 Å². The van der Waals surface area contributed by atoms with Crippen molar-refractivity contribution in [1.82, 2.24) is 5.32 Å². The van der Waals surface area contributed by atoms with Crippen molar-refractivity contribution < 1.29 is 24.2 Å². The number of nitrogens with one attached hydrogen (secondary N) is 2. The Morgan fingerprint density at radius 2 is 2.11 bits per heavy atom. The maximum Gasteiger partial charge on any atom is 0.328 e. The number of hydrogen-bond acceptors (Lipinski definition) is 3. The second-order valence-corrected chi connectivity index (χ2v) is 4.15. The highest BCUT2D eigenvalue weighted by Gasteiger charge is 2.19. The van der Waals surface area contributed by atoms with Crippen LogP contribution in [0, 0.1) is 5.82 Å². The highest BCUT2D eigenvalue weighted by atomic mass is 79.9. The van der Waals surface area contributed by atoms with E-state index in [1.54, 1.807) is 0 Å². The Hall–Kier alpha value is -1.67. The molecule has 4 N–H and O–H groups in total. The predicted molar refractivity (Wildman–Crippen MR) is 64.8 cm³/mol. The van der Waals surface area contributed by atoms with Crippen molar-refractivity contribution in [3.8, 4) is 0 Å². The molecule has 1 rings (SSSR count). The van der Waals surface area contributed by atoms with Gasteiger partial charge < -0.3 is 20.8 Å². The summed E-state index contributed by atoms with van der Waals surface area (Å²) in [4.78, 5) is 22.0. The van der Waals surface area contributed by atoms with Crippen LogP contribution in [0.1, 0.15) is 0 Å². The van der Waals surface area contributed by atoms with Gasteiger partial charge in [0.25, 0.3) is 0 Å². The van der Waals surface area contributed by atoms with E-state index in [0.717, 1.165) is 6.07 Å². The lowest BCUT2D eigenvalue weighted by Gasteiger charge is -2.13. The lowest BCUT2D eigenvalue weighted by Crippen LogP contribution is -2.45. The molecule has 8 heteroatoms. The van der Waals surface area contributed by atoms with Crippen LogP contribution in [-0.4, -0.2) is 34.9 Å². The first kappa shape index (κ1) is 14.4. The summed E-state index contributed by atoms with van der Waals surface area (Å²) in [5, 5.41) is 21.6. The van der Waals surface area contributed by atoms with E-state index in [2.05, 4.69) is 21.2 Å². The highest BCUT2D eigenvalue weighted by Crippen LogP contribution is 2.22. The highest BCUT2D eigenvalue weighted by molar-refractivity contribution is 9.10. The van der Waals surface area contributed by atoms with Gasteiger partial charge in [-0.15, -0.1) is 0 Å². The fraction of sp³-hybridized carbons (Fsp3) is 0.200. The smallest absolute Gasteiger partial charge is 0.328 e. The second kappa shape index (κ2) is 6.31. The van der Waals surface area contributed by atoms with E-state index in [1.807, 2.05) is 5.32 Å². The molecule has 18 heavy (non-hydrogen) atoms. The third-order valence-corrected chi connectivity index (χ3v) is 2.65. The van der Waals surface area contributed by atoms with Crippen LogP contribution in [0.3, 0.4) is 0 Å². The molecule has 0 fully saturated rings. The number of halogens is 2. The first-order valence-electron chi connectivity index (χ1n) is 4.80. The van der Waals surface area contributed by atoms with Gasteiger partial charge in [0.1, 0.15) is 5.82 Å². The van der Waals surface area contributed by atoms with Crippen LogP contribution in [0.15, 0.2) is 22.7 Å². The van der Waals surface area contributed by atoms with Gasteiger partial charge in [0.15, 0.2) is 6.04 Å². The molecular weight excluding hydrogens is 311 g/mol. The summed E-state index contributed by atoms with van der Waals surface area (Å²) in [6.07, 6.45) is 0. The topological polar surface area (TPSA) is 98.7 Å². The van der Waals surface area contributed by atoms with Crippen LogP contribution >= 0.6 is 15.9 Å². The van der Waals surface area contributed by atoms with Crippen LogP contribution in [0.4, 0.5) is 14.9 Å². The molecule has 6 nitrogen and oxygen atoms in total. The van der Waals surface area contributed by atoms with Crippen molar-refractivity contribution in [3.05, 3.63) is 28.5 Å². The molecular formula is C10H10BrFN2O4. The largest absolute Gasteiger partial charge is 0.480 e. The minimum Gasteiger partial charge on any atom is -0.480 e. The summed E-state index contributed by atoms with van der Waals surface area (Å²) in [6, 6.07) is 1.38. The average Bonchev–Trinajstić information content (AvgIpc) is 2.30. The van der Waals surface area contributed by atoms with Gasteiger partial charge >= 0.3 is 12.0 Å². The van der Waals surface area contributed by atoms with E-state index < -0.39 is 30.5 Å². The molecule has 0 bridgehead atoms. The molecule has 0 radical (unpaired) electrons. The molecule has 0 aliphatic rings. The number of carboxylic acids is 1. The Balaban J connectivity index is 2.70. The summed E-state index contributed by atoms with van der Waals surface area (Å²) in [6.45, 7) is -0.743. The van der Waals surface area contributed by atoms with Gasteiger partial charge in [0, 0.05) is 4.47 Å². The summed E-state index contributed by atoms with van der Waals surface area (Å²) in [5.41, 5.74) is 0.148. The Morgan fingerprint density at radius 1 is 1.44 bits per heavy atom. The Bertz CT molecular complexity index is 469. The van der Waals surface area contributed by atoms with Crippen molar-refractivity contribution in [2.45, 2.75) is 6.04 Å². The number of carboxylic acid groups (broad SMARTS) is 1. The fourth-order valence-corrected chi connectivity index (χ4v) is 1.44. The molecule has 0 aliphatic carbocycles. The maximum atomic E-state index is 12.9. The van der Waals surface area contributed by atoms with Gasteiger partial charge in [-0.25, -0.2) is 14.0 Å². The number of amides is 2. The number of rotatable bonds is 4. The van der Waals surface area contributed by atoms with E-state index in [0.29, 0.717) is 4.47 Å². The van der Waals surface area contributed by atoms with E-state index in [4.69, 9.17) is 10.2 Å². The van der Waals surface area contributed by atoms with Gasteiger partial charge in [0.2, 0.25) is 0 Å². The molecule has 1 aromatic carbocycles. The number of benzene rings is 1. The summed E-state index contributed by atoms with van der Waals surface area (Å²) in [5.74, 6) is -1.92. The monoisotopic (exact) mass is 320 g/mol. The molecule has 0 saturated carbocycles. The van der Waals surface area contributed by atoms with Crippen LogP contribution in [-0.2, 0) is 4.79 Å². The molecule has 0 aromatic heterocycles. The van der Waals surface area contributed by atoms with Crippen molar-refractivity contribution in [2.24, 2.45) is 0 Å². The minimum atomic E-state index is -1.42. The Morgan fingerprint density at radius 3 is 2.67 bits per heavy atom. The standard InChI is InChI=1S/C10H10BrFN2O4/c11-6-2-1-5(12)3-7(6)13-10(18)14-8(4-15)9(16)17/h1-3,8,15H,4H2,(H,16,17)(H2,13,14,18)/t8-/m0/s1. The zero-order chi connectivity index (χ0) is 13.7. The number of urea groups is 1. The van der Waals surface area contributed by atoms with Crippen molar-refractivity contribution in [2.75, 3.05) is 11.9 Å². The first-order chi connectivity index (χ1) is 8.43. The number of hydrogen-bond donors (Lipinski definition) is 4. The lowest BCUT2D eigenvalue weighted by molar-refractivity contribution is -0.140. The first-order valence-corrected chi connectivity index (χ1v) is 5.59. The van der Waals surface area contributed by atoms with Crippen molar-refractivity contribution in [1.29, 1.82) is 0 Å². The molecule has 0 spiro atoms. The van der Waals surface area contributed by atoms with Crippen molar-refractivity contribution >= 4 is 33.6 Å². The number of carbonyl (C=O) groups is 2. The number of aliphatic hydroxyl groups is 1. The quantitative estimate of drug-likeness (QED) is 0.669. The lowest BCUT2D eigenvalue weighted by atomic mass is 10.3. The molecule has 1 aromatic rings. The number of anilines is 1. The third-order valence-electron chi connectivity index (χ3n) is 1.96. The van der Waals surface area contributed by atoms with Gasteiger partial charge in [0.05, 0.1) is 12.3 Å². The molecule has 98 valence electrons. The van der Waals surface area contributed by atoms with Crippen LogP contribution in [0.5, 0.6) is 0 Å². The van der Waals surface area contributed by atoms with Crippen molar-refractivity contribution in [3.63, 3.8) is 0 Å². The molecule has 0 saturated heterocycles. The van der Waals surface area contributed by atoms with Crippen LogP contribution in [0.25, 0.3) is 0 Å². The predicted octanol–water partition coefficient (Wildman–Crippen LogP) is 1.16. The number of aliphatic carboxylic acids is 1. The zero-order valence-corrected chi connectivity index (χ0v) is 10.6. The van der Waals surface area contributed by atoms with E-state index in [9.17, 15) is 14.0 Å². The molecule has 1 atom stereocenters. The number of aliphatic hydroxyl groups excluding tert-OH is 1. The summed E-state index contributed by atoms with van der Waals surface area (Å²) in [7, 11) is 0. The second-order valence-electron chi connectivity index (χ2n) is 3.30. The Labute approximate surface area is 110 Å². The summed E-state index contributed by atoms with van der Waals surface area (Å²) < 4.78 is 13.4. The Kier molecular flexibility index (Phi) is 5.05. The molecule has 0 aliphatic heterocycles. The summed E-state index contributed by atoms with van der Waals surface area (Å²) >= 11 is 3.10. The molecule has 0 unspecified atom stereocenters. The fourth-order valence-electron chi connectivity index (χ4n) is 1.10. The van der Waals surface area contributed by atoms with E-state index in [1.165, 1.54) is 12.1 Å². The van der Waals surface area contributed by atoms with Gasteiger partial charge in [-0.3, -0.25) is 0 Å². The molecule has 0 heterocycles. The SMILES string of the molecule is O=C(Nc1cc(F)ccc1Br)N[C@@H](CO)C(=O)O. The normalized spacial score (nSPS) is 11.7. The van der Waals surface area contributed by atoms with Gasteiger partial charge in [-0.1, -0.05) is 0 Å². The van der Waals surface area contributed by atoms with E-state index in [-0.39, 0.29) is 5.69 Å². The zero-order valence-electron chi connectivity index (χ0n) is 8.98. The minimum absolute atomic E-state index is 0.148. The molecule has 2 amide bonds. The third kappa shape index (κ3) is 3.97. The van der Waals surface area contributed by atoms with Crippen LogP contribution in [0.2, 0.25) is 0 Å².